The lowest BCUT2D eigenvalue weighted by atomic mass is 9.34. The first-order valence-electron chi connectivity index (χ1n) is 17.3. The van der Waals surface area contributed by atoms with Gasteiger partial charge in [0.05, 0.1) is 0 Å². The average Bonchev–Trinajstić information content (AvgIpc) is 3.19. The molecule has 0 spiro atoms. The fraction of sp³-hybridized carbons (Fsp3) is 0. The Bertz CT molecular complexity index is 2510. The van der Waals surface area contributed by atoms with Gasteiger partial charge in [0.15, 0.2) is 0 Å². The monoisotopic (exact) mass is 634 g/mol. The first-order chi connectivity index (χ1) is 24.8. The second-order valence-corrected chi connectivity index (χ2v) is 13.1. The molecular formula is C48H31BO. The van der Waals surface area contributed by atoms with Gasteiger partial charge in [-0.3, -0.25) is 0 Å². The van der Waals surface area contributed by atoms with E-state index in [0.29, 0.717) is 0 Å². The van der Waals surface area contributed by atoms with Gasteiger partial charge in [-0.05, 0) is 89.8 Å². The van der Waals surface area contributed by atoms with E-state index in [1.54, 1.807) is 0 Å². The predicted octanol–water partition coefficient (Wildman–Crippen LogP) is 10.6. The number of benzene rings is 8. The normalized spacial score (nSPS) is 12.1. The number of hydrogen-bond donors (Lipinski definition) is 0. The van der Waals surface area contributed by atoms with E-state index in [0.717, 1.165) is 11.5 Å². The number of fused-ring (bicyclic) bond motifs is 10. The summed E-state index contributed by atoms with van der Waals surface area (Å²) in [5.74, 6) is 1.80. The minimum atomic E-state index is -0.0769. The van der Waals surface area contributed by atoms with E-state index >= 15 is 0 Å². The molecule has 0 fully saturated rings. The lowest BCUT2D eigenvalue weighted by Gasteiger charge is -2.32. The van der Waals surface area contributed by atoms with Gasteiger partial charge in [-0.2, -0.15) is 0 Å². The largest absolute Gasteiger partial charge is 0.458 e. The molecule has 0 N–H and O–H groups in total. The van der Waals surface area contributed by atoms with Crippen molar-refractivity contribution in [1.82, 2.24) is 0 Å². The van der Waals surface area contributed by atoms with Crippen LogP contribution in [0.4, 0.5) is 0 Å². The van der Waals surface area contributed by atoms with Gasteiger partial charge in [0, 0.05) is 0 Å². The van der Waals surface area contributed by atoms with Crippen LogP contribution in [0.1, 0.15) is 0 Å². The lowest BCUT2D eigenvalue weighted by molar-refractivity contribution is 0.488. The quantitative estimate of drug-likeness (QED) is 0.176. The van der Waals surface area contributed by atoms with Gasteiger partial charge in [0.2, 0.25) is 0 Å². The highest BCUT2D eigenvalue weighted by atomic mass is 16.5. The molecule has 0 bridgehead atoms. The average molecular weight is 635 g/mol. The Labute approximate surface area is 293 Å². The minimum Gasteiger partial charge on any atom is -0.458 e. The Hall–Kier alpha value is -6.38. The van der Waals surface area contributed by atoms with E-state index in [-0.39, 0.29) is 6.71 Å². The molecule has 1 aliphatic carbocycles. The Balaban J connectivity index is 1.32. The van der Waals surface area contributed by atoms with Crippen LogP contribution in [-0.4, -0.2) is 6.71 Å². The van der Waals surface area contributed by atoms with Gasteiger partial charge in [-0.1, -0.05) is 181 Å². The molecule has 50 heavy (non-hydrogen) atoms. The highest BCUT2D eigenvalue weighted by Crippen LogP contribution is 2.48. The van der Waals surface area contributed by atoms with Crippen molar-refractivity contribution < 1.29 is 4.74 Å². The number of rotatable bonds is 3. The molecule has 1 nitrogen and oxygen atoms in total. The van der Waals surface area contributed by atoms with Crippen molar-refractivity contribution in [2.75, 3.05) is 0 Å². The summed E-state index contributed by atoms with van der Waals surface area (Å²) in [7, 11) is 0. The van der Waals surface area contributed by atoms with E-state index < -0.39 is 0 Å². The minimum absolute atomic E-state index is 0.0769. The molecule has 1 aliphatic heterocycles. The molecule has 0 aromatic heterocycles. The maximum absolute atomic E-state index is 6.93. The third-order valence-corrected chi connectivity index (χ3v) is 10.4. The summed E-state index contributed by atoms with van der Waals surface area (Å²) in [6.45, 7) is -0.0769. The van der Waals surface area contributed by atoms with Crippen LogP contribution in [-0.2, 0) is 0 Å². The van der Waals surface area contributed by atoms with Gasteiger partial charge in [0.1, 0.15) is 11.5 Å². The standard InChI is InChI=1S/C48H31BO/c1-3-16-32(17-4-1)34-26-15-27-35(33-18-5-2-6-19-33)48(34)49-44-28-13-14-29-46(44)50-47-31-43-41-25-12-10-23-39(41)37-21-8-7-20-36(37)38-22-9-11-24-40(38)42(43)30-45(47)49/h1-31H. The van der Waals surface area contributed by atoms with Gasteiger partial charge in [-0.25, -0.2) is 0 Å². The molecular weight excluding hydrogens is 603 g/mol. The van der Waals surface area contributed by atoms with Crippen molar-refractivity contribution in [3.63, 3.8) is 0 Å². The van der Waals surface area contributed by atoms with E-state index in [2.05, 4.69) is 188 Å². The first-order valence-corrected chi connectivity index (χ1v) is 17.3. The van der Waals surface area contributed by atoms with Crippen LogP contribution in [0.25, 0.3) is 66.8 Å². The lowest BCUT2D eigenvalue weighted by Crippen LogP contribution is -2.56. The zero-order valence-corrected chi connectivity index (χ0v) is 27.4. The van der Waals surface area contributed by atoms with Gasteiger partial charge in [-0.15, -0.1) is 0 Å². The van der Waals surface area contributed by atoms with Crippen molar-refractivity contribution in [3.05, 3.63) is 188 Å². The predicted molar refractivity (Wildman–Crippen MR) is 210 cm³/mol. The number of para-hydroxylation sites is 1. The third kappa shape index (κ3) is 4.49. The van der Waals surface area contributed by atoms with Crippen LogP contribution < -0.4 is 21.1 Å². The van der Waals surface area contributed by atoms with Crippen LogP contribution in [0.5, 0.6) is 11.5 Å². The summed E-state index contributed by atoms with van der Waals surface area (Å²) in [4.78, 5) is 0. The summed E-state index contributed by atoms with van der Waals surface area (Å²) in [6, 6.07) is 68.2. The maximum Gasteiger partial charge on any atom is 0.252 e. The van der Waals surface area contributed by atoms with Crippen molar-refractivity contribution in [2.24, 2.45) is 0 Å². The van der Waals surface area contributed by atoms with Crippen LogP contribution in [0.2, 0.25) is 0 Å². The fourth-order valence-corrected chi connectivity index (χ4v) is 8.24. The molecule has 8 aromatic rings. The Morgan fingerprint density at radius 2 is 0.680 bits per heavy atom. The van der Waals surface area contributed by atoms with Gasteiger partial charge in [0.25, 0.3) is 6.71 Å². The molecule has 0 radical (unpaired) electrons. The topological polar surface area (TPSA) is 9.23 Å². The molecule has 232 valence electrons. The van der Waals surface area contributed by atoms with E-state index in [9.17, 15) is 0 Å². The molecule has 0 saturated carbocycles. The van der Waals surface area contributed by atoms with Crippen molar-refractivity contribution in [3.8, 4) is 78.3 Å². The summed E-state index contributed by atoms with van der Waals surface area (Å²) in [5, 5.41) is 0. The van der Waals surface area contributed by atoms with Crippen LogP contribution in [0.3, 0.4) is 0 Å². The molecule has 10 rings (SSSR count). The molecule has 8 aromatic carbocycles. The molecule has 0 amide bonds. The molecule has 0 saturated heterocycles. The second-order valence-electron chi connectivity index (χ2n) is 13.1. The first kappa shape index (κ1) is 28.6. The maximum atomic E-state index is 6.93. The van der Waals surface area contributed by atoms with E-state index in [1.807, 2.05) is 0 Å². The highest BCUT2D eigenvalue weighted by Gasteiger charge is 2.37. The molecule has 0 atom stereocenters. The summed E-state index contributed by atoms with van der Waals surface area (Å²) < 4.78 is 6.93. The summed E-state index contributed by atoms with van der Waals surface area (Å²) >= 11 is 0. The fourth-order valence-electron chi connectivity index (χ4n) is 8.24. The van der Waals surface area contributed by atoms with E-state index in [1.165, 1.54) is 83.1 Å². The van der Waals surface area contributed by atoms with Crippen molar-refractivity contribution in [2.45, 2.75) is 0 Å². The van der Waals surface area contributed by atoms with Crippen molar-refractivity contribution >= 4 is 23.1 Å². The Kier molecular flexibility index (Phi) is 6.67. The zero-order chi connectivity index (χ0) is 33.0. The Morgan fingerprint density at radius 1 is 0.280 bits per heavy atom. The molecule has 0 unspecified atom stereocenters. The molecule has 2 heteroatoms. The summed E-state index contributed by atoms with van der Waals surface area (Å²) in [5.41, 5.74) is 18.3. The van der Waals surface area contributed by atoms with Crippen molar-refractivity contribution in [1.29, 1.82) is 0 Å². The molecule has 1 heterocycles. The second kappa shape index (κ2) is 11.6. The Morgan fingerprint density at radius 3 is 1.20 bits per heavy atom. The van der Waals surface area contributed by atoms with Crippen LogP contribution in [0, 0.1) is 0 Å². The zero-order valence-electron chi connectivity index (χ0n) is 27.4. The van der Waals surface area contributed by atoms with Crippen LogP contribution in [0.15, 0.2) is 188 Å². The highest BCUT2D eigenvalue weighted by molar-refractivity contribution is 6.98. The number of hydrogen-bond acceptors (Lipinski definition) is 1. The molecule has 2 aliphatic rings. The third-order valence-electron chi connectivity index (χ3n) is 10.4. The van der Waals surface area contributed by atoms with Crippen LogP contribution >= 0.6 is 0 Å². The van der Waals surface area contributed by atoms with Gasteiger partial charge < -0.3 is 4.74 Å². The summed E-state index contributed by atoms with van der Waals surface area (Å²) in [6.07, 6.45) is 0. The number of ether oxygens (including phenoxy) is 1. The SMILES string of the molecule is c1ccc(-c2cccc(-c3ccccc3)c2B2c3ccccc3Oc3cc4c(cc32)-c2ccccc2-c2ccccc2-c2ccccc2-4)cc1. The smallest absolute Gasteiger partial charge is 0.252 e. The van der Waals surface area contributed by atoms with Gasteiger partial charge >= 0.3 is 0 Å². The van der Waals surface area contributed by atoms with E-state index in [4.69, 9.17) is 4.74 Å².